The Morgan fingerprint density at radius 1 is 1.11 bits per heavy atom. The summed E-state index contributed by atoms with van der Waals surface area (Å²) in [5.74, 6) is 0.360. The molecule has 0 unspecified atom stereocenters. The molecule has 0 heterocycles. The van der Waals surface area contributed by atoms with Gasteiger partial charge in [-0.05, 0) is 36.2 Å². The summed E-state index contributed by atoms with van der Waals surface area (Å²) < 4.78 is 19.0. The Labute approximate surface area is 106 Å². The Balaban J connectivity index is 2.13. The van der Waals surface area contributed by atoms with Gasteiger partial charge in [-0.15, -0.1) is 0 Å². The van der Waals surface area contributed by atoms with Crippen LogP contribution in [0.5, 0.6) is 11.5 Å². The summed E-state index contributed by atoms with van der Waals surface area (Å²) in [5, 5.41) is 0. The van der Waals surface area contributed by atoms with E-state index >= 15 is 0 Å². The van der Waals surface area contributed by atoms with Gasteiger partial charge in [0.25, 0.3) is 0 Å². The van der Waals surface area contributed by atoms with Crippen LogP contribution >= 0.6 is 0 Å². The van der Waals surface area contributed by atoms with Gasteiger partial charge in [0, 0.05) is 11.8 Å². The van der Waals surface area contributed by atoms with Gasteiger partial charge in [-0.3, -0.25) is 0 Å². The van der Waals surface area contributed by atoms with Crippen molar-refractivity contribution in [1.29, 1.82) is 0 Å². The van der Waals surface area contributed by atoms with Gasteiger partial charge in [0.2, 0.25) is 0 Å². The topological polar surface area (TPSA) is 35.2 Å². The zero-order valence-corrected chi connectivity index (χ0v) is 10.3. The second-order valence-corrected chi connectivity index (χ2v) is 4.19. The quantitative estimate of drug-likeness (QED) is 0.821. The number of halogens is 1. The maximum absolute atomic E-state index is 13.5. The van der Waals surface area contributed by atoms with E-state index in [4.69, 9.17) is 10.5 Å². The molecule has 0 aliphatic rings. The fourth-order valence-corrected chi connectivity index (χ4v) is 1.74. The van der Waals surface area contributed by atoms with Crippen LogP contribution in [0.4, 0.5) is 10.1 Å². The molecule has 0 spiro atoms. The Hall–Kier alpha value is -2.03. The van der Waals surface area contributed by atoms with Crippen molar-refractivity contribution in [3.8, 4) is 11.5 Å². The lowest BCUT2D eigenvalue weighted by molar-refractivity contribution is 0.442. The second kappa shape index (κ2) is 5.54. The number of rotatable bonds is 4. The largest absolute Gasteiger partial charge is 0.454 e. The van der Waals surface area contributed by atoms with Crippen LogP contribution in [-0.2, 0) is 6.42 Å². The van der Waals surface area contributed by atoms with Crippen molar-refractivity contribution < 1.29 is 9.13 Å². The molecule has 0 saturated carbocycles. The summed E-state index contributed by atoms with van der Waals surface area (Å²) in [6, 6.07) is 12.1. The molecular weight excluding hydrogens is 229 g/mol. The van der Waals surface area contributed by atoms with Gasteiger partial charge in [0.1, 0.15) is 5.75 Å². The van der Waals surface area contributed by atoms with E-state index in [1.54, 1.807) is 6.07 Å². The average molecular weight is 245 g/mol. The first-order chi connectivity index (χ1) is 8.69. The molecule has 3 heteroatoms. The summed E-state index contributed by atoms with van der Waals surface area (Å²) >= 11 is 0. The van der Waals surface area contributed by atoms with Crippen LogP contribution in [0.15, 0.2) is 42.5 Å². The molecule has 0 saturated heterocycles. The molecule has 0 radical (unpaired) electrons. The lowest BCUT2D eigenvalue weighted by atomic mass is 10.1. The maximum Gasteiger partial charge on any atom is 0.167 e. The molecule has 0 fully saturated rings. The summed E-state index contributed by atoms with van der Waals surface area (Å²) in [4.78, 5) is 0. The summed E-state index contributed by atoms with van der Waals surface area (Å²) in [6.07, 6.45) is 2.14. The highest BCUT2D eigenvalue weighted by Crippen LogP contribution is 2.26. The number of benzene rings is 2. The zero-order valence-electron chi connectivity index (χ0n) is 10.3. The second-order valence-electron chi connectivity index (χ2n) is 4.19. The van der Waals surface area contributed by atoms with Gasteiger partial charge in [0.05, 0.1) is 0 Å². The van der Waals surface area contributed by atoms with E-state index in [0.29, 0.717) is 11.4 Å². The van der Waals surface area contributed by atoms with Crippen molar-refractivity contribution in [3.05, 3.63) is 53.8 Å². The van der Waals surface area contributed by atoms with Gasteiger partial charge in [-0.2, -0.15) is 0 Å². The van der Waals surface area contributed by atoms with Crippen LogP contribution in [0.1, 0.15) is 18.9 Å². The smallest absolute Gasteiger partial charge is 0.167 e. The predicted octanol–water partition coefficient (Wildman–Crippen LogP) is 4.15. The lowest BCUT2D eigenvalue weighted by Gasteiger charge is -2.08. The first-order valence-electron chi connectivity index (χ1n) is 6.01. The van der Waals surface area contributed by atoms with Crippen molar-refractivity contribution >= 4 is 5.69 Å². The number of nitrogen functional groups attached to an aromatic ring is 1. The van der Waals surface area contributed by atoms with E-state index in [1.165, 1.54) is 17.7 Å². The first-order valence-corrected chi connectivity index (χ1v) is 6.01. The third-order valence-electron chi connectivity index (χ3n) is 2.65. The summed E-state index contributed by atoms with van der Waals surface area (Å²) in [5.41, 5.74) is 7.12. The number of hydrogen-bond acceptors (Lipinski definition) is 2. The number of hydrogen-bond donors (Lipinski definition) is 1. The molecule has 2 rings (SSSR count). The SMILES string of the molecule is CCCc1ccc(Oc2ccc(N)cc2F)cc1. The summed E-state index contributed by atoms with van der Waals surface area (Å²) in [7, 11) is 0. The highest BCUT2D eigenvalue weighted by Gasteiger charge is 2.05. The molecule has 94 valence electrons. The van der Waals surface area contributed by atoms with Crippen LogP contribution in [-0.4, -0.2) is 0 Å². The minimum absolute atomic E-state index is 0.187. The molecule has 0 atom stereocenters. The van der Waals surface area contributed by atoms with E-state index in [-0.39, 0.29) is 5.75 Å². The van der Waals surface area contributed by atoms with Crippen LogP contribution < -0.4 is 10.5 Å². The molecule has 0 amide bonds. The van der Waals surface area contributed by atoms with Crippen LogP contribution in [0, 0.1) is 5.82 Å². The Morgan fingerprint density at radius 3 is 2.44 bits per heavy atom. The van der Waals surface area contributed by atoms with E-state index in [9.17, 15) is 4.39 Å². The molecule has 0 aromatic heterocycles. The standard InChI is InChI=1S/C15H16FNO/c1-2-3-11-4-7-13(8-5-11)18-15-9-6-12(17)10-14(15)16/h4-10H,2-3,17H2,1H3. The van der Waals surface area contributed by atoms with E-state index in [0.717, 1.165) is 12.8 Å². The third-order valence-corrected chi connectivity index (χ3v) is 2.65. The highest BCUT2D eigenvalue weighted by atomic mass is 19.1. The van der Waals surface area contributed by atoms with Crippen molar-refractivity contribution in [2.45, 2.75) is 19.8 Å². The normalized spacial score (nSPS) is 10.3. The first kappa shape index (κ1) is 12.4. The van der Waals surface area contributed by atoms with E-state index in [1.807, 2.05) is 24.3 Å². The number of anilines is 1. The van der Waals surface area contributed by atoms with Gasteiger partial charge in [0.15, 0.2) is 11.6 Å². The van der Waals surface area contributed by atoms with Gasteiger partial charge in [-0.1, -0.05) is 25.5 Å². The highest BCUT2D eigenvalue weighted by molar-refractivity contribution is 5.44. The van der Waals surface area contributed by atoms with Crippen molar-refractivity contribution in [3.63, 3.8) is 0 Å². The molecule has 2 N–H and O–H groups in total. The van der Waals surface area contributed by atoms with E-state index < -0.39 is 5.82 Å². The van der Waals surface area contributed by atoms with Gasteiger partial charge < -0.3 is 10.5 Å². The molecule has 2 aromatic carbocycles. The zero-order chi connectivity index (χ0) is 13.0. The number of nitrogens with two attached hydrogens (primary N) is 1. The maximum atomic E-state index is 13.5. The number of ether oxygens (including phenoxy) is 1. The Kier molecular flexibility index (Phi) is 3.82. The Bertz CT molecular complexity index is 523. The summed E-state index contributed by atoms with van der Waals surface area (Å²) in [6.45, 7) is 2.13. The van der Waals surface area contributed by atoms with Crippen LogP contribution in [0.3, 0.4) is 0 Å². The van der Waals surface area contributed by atoms with Crippen LogP contribution in [0.25, 0.3) is 0 Å². The molecule has 0 aliphatic heterocycles. The van der Waals surface area contributed by atoms with Gasteiger partial charge >= 0.3 is 0 Å². The van der Waals surface area contributed by atoms with Crippen molar-refractivity contribution in [1.82, 2.24) is 0 Å². The lowest BCUT2D eigenvalue weighted by Crippen LogP contribution is -1.91. The monoisotopic (exact) mass is 245 g/mol. The molecule has 0 bridgehead atoms. The fourth-order valence-electron chi connectivity index (χ4n) is 1.74. The van der Waals surface area contributed by atoms with E-state index in [2.05, 4.69) is 6.92 Å². The molecule has 2 nitrogen and oxygen atoms in total. The van der Waals surface area contributed by atoms with Crippen molar-refractivity contribution in [2.24, 2.45) is 0 Å². The fraction of sp³-hybridized carbons (Fsp3) is 0.200. The molecule has 18 heavy (non-hydrogen) atoms. The minimum Gasteiger partial charge on any atom is -0.454 e. The molecule has 0 aliphatic carbocycles. The third kappa shape index (κ3) is 3.00. The predicted molar refractivity (Wildman–Crippen MR) is 71.3 cm³/mol. The number of aryl methyl sites for hydroxylation is 1. The Morgan fingerprint density at radius 2 is 1.83 bits per heavy atom. The van der Waals surface area contributed by atoms with Gasteiger partial charge in [-0.25, -0.2) is 4.39 Å². The van der Waals surface area contributed by atoms with Crippen molar-refractivity contribution in [2.75, 3.05) is 5.73 Å². The molecular formula is C15H16FNO. The minimum atomic E-state index is -0.451. The average Bonchev–Trinajstić information content (AvgIpc) is 2.35. The van der Waals surface area contributed by atoms with Crippen LogP contribution in [0.2, 0.25) is 0 Å². The molecule has 2 aromatic rings.